The molecule has 0 rings (SSSR count). The summed E-state index contributed by atoms with van der Waals surface area (Å²) >= 11 is 1.43. The molecule has 0 aromatic carbocycles. The average Bonchev–Trinajstić information content (AvgIpc) is 2.61. The van der Waals surface area contributed by atoms with Gasteiger partial charge in [-0.05, 0) is 40.5 Å². The third-order valence-electron chi connectivity index (χ3n) is 3.89. The number of hydrogen-bond donors (Lipinski definition) is 2. The van der Waals surface area contributed by atoms with Gasteiger partial charge in [-0.2, -0.15) is 11.8 Å². The van der Waals surface area contributed by atoms with Crippen LogP contribution in [-0.4, -0.2) is 60.1 Å². The Morgan fingerprint density at radius 2 is 1.65 bits per heavy atom. The van der Waals surface area contributed by atoms with Gasteiger partial charge in [-0.15, -0.1) is 0 Å². The van der Waals surface area contributed by atoms with E-state index in [0.717, 1.165) is 19.3 Å². The number of rotatable bonds is 11. The Morgan fingerprint density at radius 3 is 2.08 bits per heavy atom. The van der Waals surface area contributed by atoms with Gasteiger partial charge in [-0.1, -0.05) is 20.3 Å². The van der Waals surface area contributed by atoms with Crippen molar-refractivity contribution < 1.29 is 29.3 Å². The Balaban J connectivity index is 0. The molecule has 0 aliphatic heterocycles. The zero-order valence-corrected chi connectivity index (χ0v) is 18.3. The van der Waals surface area contributed by atoms with Crippen molar-refractivity contribution in [2.75, 3.05) is 31.8 Å². The van der Waals surface area contributed by atoms with Gasteiger partial charge >= 0.3 is 11.9 Å². The Hall–Kier alpha value is -0.790. The lowest BCUT2D eigenvalue weighted by atomic mass is 9.91. The number of hydrogen-bond acceptors (Lipinski definition) is 7. The molecule has 2 N–H and O–H groups in total. The fourth-order valence-electron chi connectivity index (χ4n) is 1.49. The normalized spacial score (nSPS) is 12.7. The lowest BCUT2D eigenvalue weighted by molar-refractivity contribution is -0.154. The molecular weight excluding hydrogens is 356 g/mol. The number of unbranched alkanes of at least 4 members (excludes halogenated alkanes) is 1. The zero-order valence-electron chi connectivity index (χ0n) is 17.5. The highest BCUT2D eigenvalue weighted by atomic mass is 32.2. The van der Waals surface area contributed by atoms with Crippen LogP contribution < -0.4 is 0 Å². The smallest absolute Gasteiger partial charge is 0.312 e. The Morgan fingerprint density at radius 1 is 1.08 bits per heavy atom. The van der Waals surface area contributed by atoms with Crippen LogP contribution in [0.5, 0.6) is 0 Å². The van der Waals surface area contributed by atoms with Crippen LogP contribution in [0.2, 0.25) is 0 Å². The highest BCUT2D eigenvalue weighted by molar-refractivity contribution is 7.99. The Bertz CT molecular complexity index is 395. The molecule has 0 aliphatic rings. The molecule has 0 heterocycles. The van der Waals surface area contributed by atoms with Crippen molar-refractivity contribution in [3.05, 3.63) is 0 Å². The number of aliphatic hydroxyl groups excluding tert-OH is 2. The van der Waals surface area contributed by atoms with Gasteiger partial charge in [0.1, 0.15) is 0 Å². The maximum Gasteiger partial charge on any atom is 0.312 e. The molecule has 1 atom stereocenters. The summed E-state index contributed by atoms with van der Waals surface area (Å²) in [7, 11) is 1.36. The second kappa shape index (κ2) is 14.3. The van der Waals surface area contributed by atoms with Gasteiger partial charge in [0.05, 0.1) is 37.3 Å². The van der Waals surface area contributed by atoms with E-state index in [1.54, 1.807) is 13.8 Å². The highest BCUT2D eigenvalue weighted by Crippen LogP contribution is 2.23. The number of thioether (sulfide) groups is 1. The molecule has 7 heteroatoms. The highest BCUT2D eigenvalue weighted by Gasteiger charge is 2.28. The minimum atomic E-state index is -0.714. The van der Waals surface area contributed by atoms with Crippen molar-refractivity contribution in [3.63, 3.8) is 0 Å². The fraction of sp³-hybridized carbons (Fsp3) is 0.895. The van der Waals surface area contributed by atoms with Crippen LogP contribution in [0.1, 0.15) is 60.8 Å². The maximum absolute atomic E-state index is 11.3. The van der Waals surface area contributed by atoms with Crippen LogP contribution in [0.15, 0.2) is 0 Å². The van der Waals surface area contributed by atoms with Crippen LogP contribution in [0, 0.1) is 10.8 Å². The van der Waals surface area contributed by atoms with Crippen molar-refractivity contribution >= 4 is 23.7 Å². The molecule has 0 aromatic heterocycles. The summed E-state index contributed by atoms with van der Waals surface area (Å²) in [5.74, 6) is 0.662. The molecule has 0 aliphatic carbocycles. The van der Waals surface area contributed by atoms with Crippen molar-refractivity contribution in [1.29, 1.82) is 0 Å². The van der Waals surface area contributed by atoms with Crippen LogP contribution in [0.25, 0.3) is 0 Å². The quantitative estimate of drug-likeness (QED) is 0.411. The molecule has 0 amide bonds. The van der Waals surface area contributed by atoms with Crippen molar-refractivity contribution in [2.45, 2.75) is 66.9 Å². The van der Waals surface area contributed by atoms with Gasteiger partial charge in [0.25, 0.3) is 0 Å². The van der Waals surface area contributed by atoms with Gasteiger partial charge in [-0.25, -0.2) is 0 Å². The summed E-state index contributed by atoms with van der Waals surface area (Å²) in [5, 5.41) is 17.6. The molecule has 26 heavy (non-hydrogen) atoms. The van der Waals surface area contributed by atoms with E-state index in [9.17, 15) is 9.59 Å². The topological polar surface area (TPSA) is 93.1 Å². The number of aliphatic hydroxyl groups is 2. The summed E-state index contributed by atoms with van der Waals surface area (Å²) in [6.07, 6.45) is 2.15. The van der Waals surface area contributed by atoms with Crippen molar-refractivity contribution in [2.24, 2.45) is 10.8 Å². The second-order valence-corrected chi connectivity index (χ2v) is 8.48. The summed E-state index contributed by atoms with van der Waals surface area (Å²) in [6, 6.07) is 0. The van der Waals surface area contributed by atoms with Crippen LogP contribution in [-0.2, 0) is 19.1 Å². The van der Waals surface area contributed by atoms with Gasteiger partial charge in [0.15, 0.2) is 0 Å². The number of carbonyl (C=O) groups excluding carboxylic acids is 2. The maximum atomic E-state index is 11.3. The van der Waals surface area contributed by atoms with E-state index >= 15 is 0 Å². The second-order valence-electron chi connectivity index (χ2n) is 7.45. The summed E-state index contributed by atoms with van der Waals surface area (Å²) in [4.78, 5) is 22.6. The first-order valence-corrected chi connectivity index (χ1v) is 10.3. The molecule has 0 saturated carbocycles. The Labute approximate surface area is 163 Å². The van der Waals surface area contributed by atoms with Gasteiger partial charge in [0, 0.05) is 11.5 Å². The van der Waals surface area contributed by atoms with E-state index < -0.39 is 11.5 Å². The molecule has 6 nitrogen and oxygen atoms in total. The lowest BCUT2D eigenvalue weighted by Crippen LogP contribution is -2.29. The number of ether oxygens (including phenoxy) is 2. The SMILES string of the molecule is CCCCOC(=O)C(C)(C)CC.COC(=O)C(C)(C)CSCC(O)CO. The average molecular weight is 395 g/mol. The number of methoxy groups -OCH3 is 1. The third kappa shape index (κ3) is 12.5. The first-order valence-electron chi connectivity index (χ1n) is 9.10. The van der Waals surface area contributed by atoms with Gasteiger partial charge < -0.3 is 19.7 Å². The monoisotopic (exact) mass is 394 g/mol. The third-order valence-corrected chi connectivity index (χ3v) is 5.44. The lowest BCUT2D eigenvalue weighted by Gasteiger charge is -2.21. The minimum Gasteiger partial charge on any atom is -0.469 e. The molecule has 0 fully saturated rings. The molecule has 0 spiro atoms. The van der Waals surface area contributed by atoms with E-state index in [1.807, 2.05) is 20.8 Å². The molecule has 0 bridgehead atoms. The minimum absolute atomic E-state index is 0.0709. The molecule has 0 radical (unpaired) electrons. The molecule has 0 aromatic rings. The number of carbonyl (C=O) groups is 2. The summed E-state index contributed by atoms with van der Waals surface area (Å²) in [6.45, 7) is 11.8. The van der Waals surface area contributed by atoms with E-state index in [0.29, 0.717) is 18.1 Å². The molecule has 156 valence electrons. The van der Waals surface area contributed by atoms with E-state index in [2.05, 4.69) is 11.7 Å². The zero-order chi connectivity index (χ0) is 20.8. The predicted molar refractivity (Wildman–Crippen MR) is 106 cm³/mol. The summed E-state index contributed by atoms with van der Waals surface area (Å²) in [5.41, 5.74) is -0.859. The van der Waals surface area contributed by atoms with Crippen LogP contribution in [0.4, 0.5) is 0 Å². The molecule has 0 saturated heterocycles. The van der Waals surface area contributed by atoms with Crippen molar-refractivity contribution in [3.8, 4) is 0 Å². The molecular formula is C19H38O6S. The van der Waals surface area contributed by atoms with Gasteiger partial charge in [-0.3, -0.25) is 9.59 Å². The largest absolute Gasteiger partial charge is 0.469 e. The van der Waals surface area contributed by atoms with E-state index in [4.69, 9.17) is 14.9 Å². The van der Waals surface area contributed by atoms with Crippen LogP contribution in [0.3, 0.4) is 0 Å². The Kier molecular flexibility index (Phi) is 15.1. The van der Waals surface area contributed by atoms with Crippen LogP contribution >= 0.6 is 11.8 Å². The van der Waals surface area contributed by atoms with E-state index in [-0.39, 0.29) is 24.0 Å². The fourth-order valence-corrected chi connectivity index (χ4v) is 2.61. The van der Waals surface area contributed by atoms with E-state index in [1.165, 1.54) is 18.9 Å². The first kappa shape index (κ1) is 27.4. The standard InChI is InChI=1S/C10H20O2.C9H18O4S/c1-5-7-8-12-9(11)10(3,4)6-2;1-9(2,8(12)13-3)6-14-5-7(11)4-10/h5-8H2,1-4H3;7,10-11H,4-6H2,1-3H3. The number of esters is 2. The summed E-state index contributed by atoms with van der Waals surface area (Å²) < 4.78 is 9.73. The van der Waals surface area contributed by atoms with Gasteiger partial charge in [0.2, 0.25) is 0 Å². The first-order chi connectivity index (χ1) is 12.0. The van der Waals surface area contributed by atoms with Crippen molar-refractivity contribution in [1.82, 2.24) is 0 Å². The molecule has 1 unspecified atom stereocenters. The predicted octanol–water partition coefficient (Wildman–Crippen LogP) is 3.04.